The van der Waals surface area contributed by atoms with Gasteiger partial charge in [0, 0.05) is 12.1 Å². The molecule has 10 nitrogen and oxygen atoms in total. The number of anilines is 2. The molecule has 0 spiro atoms. The molecule has 2 aromatic rings. The number of methoxy groups -OCH3 is 1. The van der Waals surface area contributed by atoms with Crippen LogP contribution in [0.15, 0.2) is 48.5 Å². The Hall–Kier alpha value is -3.79. The van der Waals surface area contributed by atoms with Crippen molar-refractivity contribution in [3.8, 4) is 11.5 Å². The number of ether oxygens (including phenoxy) is 2. The van der Waals surface area contributed by atoms with E-state index < -0.39 is 30.2 Å². The third-order valence-corrected chi connectivity index (χ3v) is 5.63. The zero-order valence-electron chi connectivity index (χ0n) is 18.4. The van der Waals surface area contributed by atoms with Gasteiger partial charge in [0.25, 0.3) is 0 Å². The highest BCUT2D eigenvalue weighted by Gasteiger charge is 2.48. The molecule has 4 atom stereocenters. The minimum atomic E-state index is -0.840. The first-order valence-corrected chi connectivity index (χ1v) is 10.8. The molecule has 174 valence electrons. The molecule has 0 bridgehead atoms. The van der Waals surface area contributed by atoms with Gasteiger partial charge >= 0.3 is 0 Å². The molecule has 0 radical (unpaired) electrons. The van der Waals surface area contributed by atoms with E-state index in [0.717, 1.165) is 5.69 Å². The smallest absolute Gasteiger partial charge is 0.229 e. The number of carbonyl (C=O) groups excluding carboxylic acids is 3. The van der Waals surface area contributed by atoms with Crippen molar-refractivity contribution in [2.45, 2.75) is 25.8 Å². The predicted molar refractivity (Wildman–Crippen MR) is 121 cm³/mol. The third-order valence-electron chi connectivity index (χ3n) is 5.63. The van der Waals surface area contributed by atoms with Gasteiger partial charge < -0.3 is 30.7 Å². The average molecular weight is 453 g/mol. The second-order valence-corrected chi connectivity index (χ2v) is 7.78. The Balaban J connectivity index is 1.47. The minimum Gasteiger partial charge on any atom is -0.497 e. The van der Waals surface area contributed by atoms with Gasteiger partial charge in [-0.1, -0.05) is 12.1 Å². The van der Waals surface area contributed by atoms with E-state index in [1.165, 1.54) is 0 Å². The first kappa shape index (κ1) is 22.4. The minimum absolute atomic E-state index is 0.0878. The molecule has 2 fully saturated rings. The molecule has 2 aliphatic heterocycles. The van der Waals surface area contributed by atoms with E-state index in [9.17, 15) is 14.4 Å². The predicted octanol–water partition coefficient (Wildman–Crippen LogP) is 1.23. The van der Waals surface area contributed by atoms with Gasteiger partial charge in [0.05, 0.1) is 37.4 Å². The molecule has 2 aliphatic rings. The van der Waals surface area contributed by atoms with Crippen LogP contribution in [0.4, 0.5) is 11.4 Å². The number of hydrogen-bond donors (Lipinski definition) is 5. The summed E-state index contributed by atoms with van der Waals surface area (Å²) in [4.78, 5) is 38.5. The maximum absolute atomic E-state index is 13.1. The Morgan fingerprint density at radius 1 is 1.09 bits per heavy atom. The van der Waals surface area contributed by atoms with Gasteiger partial charge in [0.2, 0.25) is 17.7 Å². The van der Waals surface area contributed by atoms with Crippen LogP contribution in [-0.4, -0.2) is 43.9 Å². The van der Waals surface area contributed by atoms with E-state index >= 15 is 0 Å². The lowest BCUT2D eigenvalue weighted by Gasteiger charge is -2.43. The largest absolute Gasteiger partial charge is 0.497 e. The van der Waals surface area contributed by atoms with E-state index in [1.807, 2.05) is 19.1 Å². The number of carbonyl (C=O) groups is 3. The van der Waals surface area contributed by atoms with Crippen molar-refractivity contribution >= 4 is 29.1 Å². The summed E-state index contributed by atoms with van der Waals surface area (Å²) in [7, 11) is 1.58. The number of fused-ring (bicyclic) bond motifs is 1. The van der Waals surface area contributed by atoms with E-state index in [4.69, 9.17) is 9.47 Å². The fourth-order valence-corrected chi connectivity index (χ4v) is 4.08. The number of hydrogen-bond acceptors (Lipinski definition) is 7. The summed E-state index contributed by atoms with van der Waals surface area (Å²) in [5.74, 6) is -1.42. The van der Waals surface area contributed by atoms with Crippen molar-refractivity contribution in [1.29, 1.82) is 0 Å². The summed E-state index contributed by atoms with van der Waals surface area (Å²) >= 11 is 0. The van der Waals surface area contributed by atoms with E-state index in [0.29, 0.717) is 23.8 Å². The number of benzene rings is 2. The van der Waals surface area contributed by atoms with Crippen molar-refractivity contribution in [3.63, 3.8) is 0 Å². The van der Waals surface area contributed by atoms with E-state index in [-0.39, 0.29) is 18.2 Å². The lowest BCUT2D eigenvalue weighted by molar-refractivity contribution is -0.144. The van der Waals surface area contributed by atoms with Crippen LogP contribution in [0.5, 0.6) is 11.5 Å². The SMILES string of the molecule is CCOc1ccccc1NC(=O)C1CC(=O)NC2NC(Nc3ccc(OC)cc3)NC(=O)C21. The molecular formula is C23H27N5O5. The van der Waals surface area contributed by atoms with Crippen LogP contribution >= 0.6 is 0 Å². The number of rotatable bonds is 7. The fraction of sp³-hybridized carbons (Fsp3) is 0.348. The summed E-state index contributed by atoms with van der Waals surface area (Å²) in [5, 5.41) is 14.8. The third kappa shape index (κ3) is 5.01. The number of amides is 3. The van der Waals surface area contributed by atoms with Crippen molar-refractivity contribution in [2.75, 3.05) is 24.4 Å². The second kappa shape index (κ2) is 9.78. The van der Waals surface area contributed by atoms with Gasteiger partial charge in [-0.3, -0.25) is 19.7 Å². The Morgan fingerprint density at radius 2 is 1.85 bits per heavy atom. The van der Waals surface area contributed by atoms with Gasteiger partial charge in [0.15, 0.2) is 6.29 Å². The molecule has 2 saturated heterocycles. The fourth-order valence-electron chi connectivity index (χ4n) is 4.08. The monoisotopic (exact) mass is 453 g/mol. The maximum atomic E-state index is 13.1. The van der Waals surface area contributed by atoms with Crippen LogP contribution in [0.1, 0.15) is 13.3 Å². The Morgan fingerprint density at radius 3 is 2.58 bits per heavy atom. The topological polar surface area (TPSA) is 130 Å². The molecule has 0 aliphatic carbocycles. The quantitative estimate of drug-likeness (QED) is 0.426. The zero-order valence-corrected chi connectivity index (χ0v) is 18.4. The summed E-state index contributed by atoms with van der Waals surface area (Å²) < 4.78 is 10.7. The van der Waals surface area contributed by atoms with Crippen molar-refractivity contribution in [3.05, 3.63) is 48.5 Å². The maximum Gasteiger partial charge on any atom is 0.229 e. The van der Waals surface area contributed by atoms with Crippen molar-refractivity contribution in [2.24, 2.45) is 11.8 Å². The van der Waals surface area contributed by atoms with Gasteiger partial charge in [-0.15, -0.1) is 0 Å². The van der Waals surface area contributed by atoms with Crippen LogP contribution < -0.4 is 36.1 Å². The van der Waals surface area contributed by atoms with Crippen molar-refractivity contribution in [1.82, 2.24) is 16.0 Å². The Labute approximate surface area is 191 Å². The van der Waals surface area contributed by atoms with E-state index in [1.54, 1.807) is 43.5 Å². The highest BCUT2D eigenvalue weighted by molar-refractivity contribution is 6.00. The number of para-hydroxylation sites is 2. The van der Waals surface area contributed by atoms with Gasteiger partial charge in [-0.25, -0.2) is 0 Å². The standard InChI is InChI=1S/C23H27N5O5/c1-3-33-17-7-5-4-6-16(17)25-21(30)15-12-18(29)26-20-19(15)22(31)28-23(27-20)24-13-8-10-14(32-2)11-9-13/h4-11,15,19-20,23-24,27H,3,12H2,1-2H3,(H,25,30)(H,26,29)(H,28,31). The van der Waals surface area contributed by atoms with Gasteiger partial charge in [-0.05, 0) is 43.3 Å². The van der Waals surface area contributed by atoms with Crippen molar-refractivity contribution < 1.29 is 23.9 Å². The molecule has 2 aromatic carbocycles. The van der Waals surface area contributed by atoms with Crippen LogP contribution in [0.3, 0.4) is 0 Å². The summed E-state index contributed by atoms with van der Waals surface area (Å²) in [6.45, 7) is 2.29. The van der Waals surface area contributed by atoms with Gasteiger partial charge in [-0.2, -0.15) is 0 Å². The van der Waals surface area contributed by atoms with Crippen LogP contribution in [0, 0.1) is 11.8 Å². The summed E-state index contributed by atoms with van der Waals surface area (Å²) in [5.41, 5.74) is 1.24. The molecule has 0 saturated carbocycles. The molecule has 33 heavy (non-hydrogen) atoms. The highest BCUT2D eigenvalue weighted by Crippen LogP contribution is 2.30. The molecule has 10 heteroatoms. The summed E-state index contributed by atoms with van der Waals surface area (Å²) in [6, 6.07) is 14.3. The summed E-state index contributed by atoms with van der Waals surface area (Å²) in [6.07, 6.45) is -1.42. The molecule has 0 aromatic heterocycles. The number of piperidine rings is 1. The molecular weight excluding hydrogens is 426 g/mol. The average Bonchev–Trinajstić information content (AvgIpc) is 2.80. The van der Waals surface area contributed by atoms with Crippen LogP contribution in [0.2, 0.25) is 0 Å². The van der Waals surface area contributed by atoms with Gasteiger partial charge in [0.1, 0.15) is 11.5 Å². The second-order valence-electron chi connectivity index (χ2n) is 7.78. The molecule has 2 heterocycles. The first-order chi connectivity index (χ1) is 16.0. The van der Waals surface area contributed by atoms with E-state index in [2.05, 4.69) is 26.6 Å². The lowest BCUT2D eigenvalue weighted by atomic mass is 9.81. The molecule has 4 unspecified atom stereocenters. The number of nitrogens with one attached hydrogen (secondary N) is 5. The normalized spacial score (nSPS) is 24.1. The first-order valence-electron chi connectivity index (χ1n) is 10.8. The molecule has 4 rings (SSSR count). The highest BCUT2D eigenvalue weighted by atomic mass is 16.5. The van der Waals surface area contributed by atoms with Crippen LogP contribution in [-0.2, 0) is 14.4 Å². The Kier molecular flexibility index (Phi) is 6.64. The molecule has 3 amide bonds. The molecule has 5 N–H and O–H groups in total. The van der Waals surface area contributed by atoms with Crippen LogP contribution in [0.25, 0.3) is 0 Å². The lowest BCUT2D eigenvalue weighted by Crippen LogP contribution is -2.72. The Bertz CT molecular complexity index is 1030. The zero-order chi connectivity index (χ0) is 23.4.